The molecule has 0 spiro atoms. The number of allylic oxidation sites excluding steroid dienone is 2. The number of aromatic nitrogens is 2. The minimum atomic E-state index is -0.239. The van der Waals surface area contributed by atoms with Crippen LogP contribution in [0.15, 0.2) is 40.5 Å². The van der Waals surface area contributed by atoms with E-state index in [1.807, 2.05) is 12.4 Å². The summed E-state index contributed by atoms with van der Waals surface area (Å²) in [5.41, 5.74) is 0. The molecule has 12 heavy (non-hydrogen) atoms. The number of hydrogen-bond acceptors (Lipinski definition) is 1. The van der Waals surface area contributed by atoms with Crippen molar-refractivity contribution in [2.75, 3.05) is 0 Å². The molecule has 1 aromatic rings. The lowest BCUT2D eigenvalue weighted by molar-refractivity contribution is 0.681. The van der Waals surface area contributed by atoms with Crippen LogP contribution in [0, 0.1) is 0 Å². The molecule has 0 amide bonds. The van der Waals surface area contributed by atoms with Crippen LogP contribution < -0.4 is 0 Å². The molecule has 0 atom stereocenters. The van der Waals surface area contributed by atoms with E-state index in [9.17, 15) is 0 Å². The van der Waals surface area contributed by atoms with Gasteiger partial charge in [0.05, 0.1) is 0 Å². The van der Waals surface area contributed by atoms with Gasteiger partial charge in [-0.1, -0.05) is 12.2 Å². The molecule has 0 unspecified atom stereocenters. The van der Waals surface area contributed by atoms with Crippen molar-refractivity contribution in [1.82, 2.24) is 9.55 Å². The maximum absolute atomic E-state index is 4.36. The monoisotopic (exact) mass is 180 g/mol. The van der Waals surface area contributed by atoms with Gasteiger partial charge in [-0.2, -0.15) is 10.9 Å². The highest BCUT2D eigenvalue weighted by atomic mass is 32.2. The zero-order valence-electron chi connectivity index (χ0n) is 7.01. The van der Waals surface area contributed by atoms with Crippen molar-refractivity contribution < 1.29 is 0 Å². The molecule has 0 aliphatic carbocycles. The van der Waals surface area contributed by atoms with E-state index in [1.54, 1.807) is 0 Å². The zero-order valence-corrected chi connectivity index (χ0v) is 7.91. The molecule has 1 aromatic heterocycles. The summed E-state index contributed by atoms with van der Waals surface area (Å²) in [4.78, 5) is 4.36. The summed E-state index contributed by atoms with van der Waals surface area (Å²) in [6.45, 7) is 3.15. The molecule has 0 saturated heterocycles. The van der Waals surface area contributed by atoms with Crippen LogP contribution in [0.25, 0.3) is 0 Å². The summed E-state index contributed by atoms with van der Waals surface area (Å²) >= 11 is 0. The summed E-state index contributed by atoms with van der Waals surface area (Å²) in [7, 11) is -0.239. The van der Waals surface area contributed by atoms with Crippen molar-refractivity contribution in [2.24, 2.45) is 0 Å². The molecule has 3 heteroatoms. The van der Waals surface area contributed by atoms with Gasteiger partial charge in [0.1, 0.15) is 0 Å². The first-order valence-electron chi connectivity index (χ1n) is 4.06. The zero-order chi connectivity index (χ0) is 8.39. The number of rotatable bonds is 2. The van der Waals surface area contributed by atoms with E-state index in [1.165, 1.54) is 5.16 Å². The third-order valence-electron chi connectivity index (χ3n) is 1.87. The SMILES string of the molecule is CCn1ccnc1[SH]1C=CC=C1. The second-order valence-corrected chi connectivity index (χ2v) is 4.41. The highest BCUT2D eigenvalue weighted by Gasteiger charge is 2.07. The van der Waals surface area contributed by atoms with Crippen molar-refractivity contribution >= 4 is 10.9 Å². The lowest BCUT2D eigenvalue weighted by atomic mass is 10.6. The van der Waals surface area contributed by atoms with Crippen LogP contribution in [0.2, 0.25) is 0 Å². The average Bonchev–Trinajstić information content (AvgIpc) is 2.74. The number of imidazole rings is 1. The first kappa shape index (κ1) is 7.68. The standard InChI is InChI=1S/C9H12N2S/c1-2-11-6-5-10-9(11)12-7-3-4-8-12/h3-8,12H,2H2,1H3. The second kappa shape index (κ2) is 3.19. The molecule has 0 aromatic carbocycles. The molecule has 0 N–H and O–H groups in total. The van der Waals surface area contributed by atoms with E-state index in [0.717, 1.165) is 6.54 Å². The van der Waals surface area contributed by atoms with Gasteiger partial charge in [-0.15, -0.1) is 0 Å². The fourth-order valence-electron chi connectivity index (χ4n) is 1.25. The van der Waals surface area contributed by atoms with Crippen LogP contribution in [0.5, 0.6) is 0 Å². The summed E-state index contributed by atoms with van der Waals surface area (Å²) < 4.78 is 2.20. The second-order valence-electron chi connectivity index (χ2n) is 2.60. The topological polar surface area (TPSA) is 17.8 Å². The Kier molecular flexibility index (Phi) is 2.04. The number of aryl methyl sites for hydroxylation is 1. The molecule has 2 nitrogen and oxygen atoms in total. The largest absolute Gasteiger partial charge is 0.327 e. The Balaban J connectivity index is 2.32. The minimum Gasteiger partial charge on any atom is -0.327 e. The minimum absolute atomic E-state index is 0.239. The van der Waals surface area contributed by atoms with E-state index >= 15 is 0 Å². The third kappa shape index (κ3) is 1.20. The maximum Gasteiger partial charge on any atom is 0.154 e. The Morgan fingerprint density at radius 2 is 2.17 bits per heavy atom. The molecular formula is C9H12N2S. The summed E-state index contributed by atoms with van der Waals surface area (Å²) in [6, 6.07) is 0. The fraction of sp³-hybridized carbons (Fsp3) is 0.222. The van der Waals surface area contributed by atoms with Crippen LogP contribution in [0.4, 0.5) is 0 Å². The quantitative estimate of drug-likeness (QED) is 0.691. The molecule has 0 fully saturated rings. The molecule has 2 rings (SSSR count). The molecule has 1 aliphatic heterocycles. The van der Waals surface area contributed by atoms with Crippen molar-refractivity contribution in [3.05, 3.63) is 35.4 Å². The molecule has 64 valence electrons. The van der Waals surface area contributed by atoms with E-state index in [4.69, 9.17) is 0 Å². The van der Waals surface area contributed by atoms with E-state index in [2.05, 4.69) is 39.4 Å². The number of nitrogens with zero attached hydrogens (tertiary/aromatic N) is 2. The lowest BCUT2D eigenvalue weighted by Crippen LogP contribution is -1.95. The van der Waals surface area contributed by atoms with Gasteiger partial charge in [0.15, 0.2) is 5.16 Å². The van der Waals surface area contributed by atoms with Crippen LogP contribution in [0.1, 0.15) is 6.92 Å². The Morgan fingerprint density at radius 1 is 1.42 bits per heavy atom. The highest BCUT2D eigenvalue weighted by Crippen LogP contribution is 2.40. The molecule has 0 bridgehead atoms. The number of thiol groups is 1. The van der Waals surface area contributed by atoms with E-state index in [0.29, 0.717) is 0 Å². The van der Waals surface area contributed by atoms with Gasteiger partial charge in [-0.25, -0.2) is 4.98 Å². The van der Waals surface area contributed by atoms with E-state index < -0.39 is 0 Å². The van der Waals surface area contributed by atoms with Gasteiger partial charge >= 0.3 is 0 Å². The van der Waals surface area contributed by atoms with Crippen LogP contribution in [0.3, 0.4) is 0 Å². The Labute approximate surface area is 75.0 Å². The summed E-state index contributed by atoms with van der Waals surface area (Å²) in [5.74, 6) is 0. The van der Waals surface area contributed by atoms with Gasteiger partial charge in [0.2, 0.25) is 0 Å². The molecular weight excluding hydrogens is 168 g/mol. The van der Waals surface area contributed by atoms with Crippen molar-refractivity contribution in [3.8, 4) is 0 Å². The van der Waals surface area contributed by atoms with Gasteiger partial charge in [0, 0.05) is 18.9 Å². The van der Waals surface area contributed by atoms with Gasteiger partial charge in [-0.05, 0) is 17.7 Å². The number of hydrogen-bond donors (Lipinski definition) is 1. The van der Waals surface area contributed by atoms with Crippen molar-refractivity contribution in [2.45, 2.75) is 18.6 Å². The Hall–Kier alpha value is -0.960. The van der Waals surface area contributed by atoms with Crippen molar-refractivity contribution in [3.63, 3.8) is 0 Å². The first-order chi connectivity index (χ1) is 5.92. The third-order valence-corrected chi connectivity index (χ3v) is 3.69. The maximum atomic E-state index is 4.36. The molecule has 0 saturated carbocycles. The predicted octanol–water partition coefficient (Wildman–Crippen LogP) is 2.30. The normalized spacial score (nSPS) is 17.6. The van der Waals surface area contributed by atoms with Crippen LogP contribution in [-0.2, 0) is 6.54 Å². The molecule has 0 radical (unpaired) electrons. The van der Waals surface area contributed by atoms with Gasteiger partial charge < -0.3 is 4.57 Å². The van der Waals surface area contributed by atoms with E-state index in [-0.39, 0.29) is 10.9 Å². The van der Waals surface area contributed by atoms with Gasteiger partial charge in [-0.3, -0.25) is 0 Å². The Morgan fingerprint density at radius 3 is 2.83 bits per heavy atom. The van der Waals surface area contributed by atoms with Gasteiger partial charge in [0.25, 0.3) is 0 Å². The predicted molar refractivity (Wildman–Crippen MR) is 53.4 cm³/mol. The average molecular weight is 180 g/mol. The van der Waals surface area contributed by atoms with Crippen LogP contribution >= 0.6 is 10.9 Å². The fourth-order valence-corrected chi connectivity index (χ4v) is 2.89. The van der Waals surface area contributed by atoms with Crippen LogP contribution in [-0.4, -0.2) is 9.55 Å². The molecule has 2 heterocycles. The first-order valence-corrected chi connectivity index (χ1v) is 5.54. The highest BCUT2D eigenvalue weighted by molar-refractivity contribution is 8.22. The summed E-state index contributed by atoms with van der Waals surface area (Å²) in [6.07, 6.45) is 8.11. The lowest BCUT2D eigenvalue weighted by Gasteiger charge is -2.10. The smallest absolute Gasteiger partial charge is 0.154 e. The van der Waals surface area contributed by atoms with Crippen molar-refractivity contribution in [1.29, 1.82) is 0 Å². The molecule has 1 aliphatic rings. The Bertz CT molecular complexity index is 313. The summed E-state index contributed by atoms with van der Waals surface area (Å²) in [5, 5.41) is 5.66.